The molecule has 90 valence electrons. The Morgan fingerprint density at radius 2 is 1.56 bits per heavy atom. The topological polar surface area (TPSA) is 17.1 Å². The normalized spacial score (nSPS) is 9.06. The van der Waals surface area contributed by atoms with Gasteiger partial charge in [-0.1, -0.05) is 64.5 Å². The van der Waals surface area contributed by atoms with E-state index in [1.165, 1.54) is 0 Å². The molecule has 0 spiro atoms. The highest BCUT2D eigenvalue weighted by Gasteiger charge is 2.08. The summed E-state index contributed by atoms with van der Waals surface area (Å²) in [6, 6.07) is 17.0. The van der Waals surface area contributed by atoms with E-state index in [0.717, 1.165) is 22.0 Å². The van der Waals surface area contributed by atoms with E-state index in [9.17, 15) is 4.79 Å². The smallest absolute Gasteiger partial charge is 0.193 e. The van der Waals surface area contributed by atoms with Crippen molar-refractivity contribution in [2.75, 3.05) is 0 Å². The minimum Gasteiger partial charge on any atom is -0.289 e. The van der Waals surface area contributed by atoms with Gasteiger partial charge in [0, 0.05) is 16.5 Å². The molecular weight excluding hydrogens is 288 g/mol. The predicted octanol–water partition coefficient (Wildman–Crippen LogP) is 4.06. The van der Waals surface area contributed by atoms with Gasteiger partial charge in [0.15, 0.2) is 5.78 Å². The van der Waals surface area contributed by atoms with Crippen LogP contribution in [0.1, 0.15) is 21.5 Å². The van der Waals surface area contributed by atoms with E-state index in [4.69, 9.17) is 0 Å². The van der Waals surface area contributed by atoms with Gasteiger partial charge in [-0.25, -0.2) is 0 Å². The average molecular weight is 301 g/mol. The summed E-state index contributed by atoms with van der Waals surface area (Å²) in [5, 5.41) is 0.767. The van der Waals surface area contributed by atoms with Crippen LogP contribution in [0.15, 0.2) is 54.6 Å². The van der Waals surface area contributed by atoms with Gasteiger partial charge in [0.05, 0.1) is 0 Å². The van der Waals surface area contributed by atoms with Gasteiger partial charge in [-0.15, -0.1) is 12.8 Å². The van der Waals surface area contributed by atoms with Crippen molar-refractivity contribution in [2.24, 2.45) is 0 Å². The minimum absolute atomic E-state index is 0.0726. The second kappa shape index (κ2) is 7.47. The second-order valence-corrected chi connectivity index (χ2v) is 4.09. The van der Waals surface area contributed by atoms with Crippen LogP contribution in [0.3, 0.4) is 0 Å². The van der Waals surface area contributed by atoms with Crippen molar-refractivity contribution in [1.29, 1.82) is 0 Å². The lowest BCUT2D eigenvalue weighted by molar-refractivity contribution is 0.103. The summed E-state index contributed by atoms with van der Waals surface area (Å²) < 4.78 is 0. The van der Waals surface area contributed by atoms with E-state index in [-0.39, 0.29) is 5.78 Å². The van der Waals surface area contributed by atoms with Crippen LogP contribution in [0, 0.1) is 12.8 Å². The number of halogens is 1. The van der Waals surface area contributed by atoms with Crippen LogP contribution in [0.4, 0.5) is 0 Å². The molecule has 0 N–H and O–H groups in total. The predicted molar refractivity (Wildman–Crippen MR) is 78.8 cm³/mol. The number of hydrogen-bond donors (Lipinski definition) is 0. The molecule has 0 saturated heterocycles. The first-order valence-electron chi connectivity index (χ1n) is 5.39. The fourth-order valence-electron chi connectivity index (χ4n) is 1.55. The Kier molecular flexibility index (Phi) is 5.90. The standard InChI is InChI=1S/C14H11BrO.C2H2/c15-10-11-5-4-8-13(9-11)14(16)12-6-2-1-3-7-12;1-2/h1-9H,10H2;1-2H. The molecule has 2 aromatic carbocycles. The molecule has 0 aromatic heterocycles. The van der Waals surface area contributed by atoms with E-state index in [1.807, 2.05) is 54.6 Å². The zero-order chi connectivity index (χ0) is 13.4. The highest BCUT2D eigenvalue weighted by atomic mass is 79.9. The Morgan fingerprint density at radius 3 is 2.17 bits per heavy atom. The van der Waals surface area contributed by atoms with Crippen molar-refractivity contribution in [2.45, 2.75) is 5.33 Å². The monoisotopic (exact) mass is 300 g/mol. The fraction of sp³-hybridized carbons (Fsp3) is 0.0625. The maximum absolute atomic E-state index is 12.1. The molecule has 0 aliphatic carbocycles. The third-order valence-electron chi connectivity index (χ3n) is 2.38. The van der Waals surface area contributed by atoms with Crippen molar-refractivity contribution in [1.82, 2.24) is 0 Å². The third-order valence-corrected chi connectivity index (χ3v) is 3.03. The summed E-state index contributed by atoms with van der Waals surface area (Å²) in [5.74, 6) is 0.0726. The molecule has 0 atom stereocenters. The lowest BCUT2D eigenvalue weighted by Gasteiger charge is -2.02. The van der Waals surface area contributed by atoms with Crippen LogP contribution in [-0.2, 0) is 5.33 Å². The molecule has 18 heavy (non-hydrogen) atoms. The summed E-state index contributed by atoms with van der Waals surface area (Å²) in [5.41, 5.74) is 2.58. The zero-order valence-electron chi connectivity index (χ0n) is 9.84. The lowest BCUT2D eigenvalue weighted by atomic mass is 10.0. The quantitative estimate of drug-likeness (QED) is 0.474. The SMILES string of the molecule is C#C.O=C(c1ccccc1)c1cccc(CBr)c1. The summed E-state index contributed by atoms with van der Waals surface area (Å²) in [4.78, 5) is 12.1. The number of carbonyl (C=O) groups excluding carboxylic acids is 1. The van der Waals surface area contributed by atoms with Gasteiger partial charge in [-0.2, -0.15) is 0 Å². The van der Waals surface area contributed by atoms with Crippen molar-refractivity contribution < 1.29 is 4.79 Å². The molecule has 0 aliphatic rings. The summed E-state index contributed by atoms with van der Waals surface area (Å²) in [6.45, 7) is 0. The largest absolute Gasteiger partial charge is 0.289 e. The Morgan fingerprint density at radius 1 is 0.944 bits per heavy atom. The van der Waals surface area contributed by atoms with E-state index in [0.29, 0.717) is 0 Å². The van der Waals surface area contributed by atoms with E-state index >= 15 is 0 Å². The molecule has 0 amide bonds. The lowest BCUT2D eigenvalue weighted by Crippen LogP contribution is -2.01. The summed E-state index contributed by atoms with van der Waals surface area (Å²) in [6.07, 6.45) is 8.00. The highest BCUT2D eigenvalue weighted by molar-refractivity contribution is 9.08. The number of terminal acetylenes is 1. The number of ketones is 1. The first-order chi connectivity index (χ1) is 8.81. The third kappa shape index (κ3) is 3.58. The molecule has 0 unspecified atom stereocenters. The maximum Gasteiger partial charge on any atom is 0.193 e. The van der Waals surface area contributed by atoms with Gasteiger partial charge in [-0.3, -0.25) is 4.79 Å². The molecule has 0 fully saturated rings. The van der Waals surface area contributed by atoms with Gasteiger partial charge in [-0.05, 0) is 11.6 Å². The van der Waals surface area contributed by atoms with Gasteiger partial charge >= 0.3 is 0 Å². The van der Waals surface area contributed by atoms with Crippen LogP contribution < -0.4 is 0 Å². The van der Waals surface area contributed by atoms with Crippen LogP contribution in [0.25, 0.3) is 0 Å². The molecule has 2 heteroatoms. The maximum atomic E-state index is 12.1. The summed E-state index contributed by atoms with van der Waals surface area (Å²) in [7, 11) is 0. The molecule has 0 heterocycles. The van der Waals surface area contributed by atoms with Gasteiger partial charge in [0.25, 0.3) is 0 Å². The number of carbonyl (C=O) groups is 1. The second-order valence-electron chi connectivity index (χ2n) is 3.53. The molecule has 2 aromatic rings. The minimum atomic E-state index is 0.0726. The molecule has 0 radical (unpaired) electrons. The summed E-state index contributed by atoms with van der Waals surface area (Å²) >= 11 is 3.39. The van der Waals surface area contributed by atoms with Crippen LogP contribution in [-0.4, -0.2) is 5.78 Å². The average Bonchev–Trinajstić information content (AvgIpc) is 2.49. The molecule has 0 saturated carbocycles. The highest BCUT2D eigenvalue weighted by Crippen LogP contribution is 2.13. The van der Waals surface area contributed by atoms with Crippen LogP contribution in [0.5, 0.6) is 0 Å². The van der Waals surface area contributed by atoms with Gasteiger partial charge in [0.2, 0.25) is 0 Å². The van der Waals surface area contributed by atoms with E-state index < -0.39 is 0 Å². The Hall–Kier alpha value is -1.85. The molecule has 0 aliphatic heterocycles. The fourth-order valence-corrected chi connectivity index (χ4v) is 1.90. The Labute approximate surface area is 116 Å². The van der Waals surface area contributed by atoms with Crippen molar-refractivity contribution in [3.63, 3.8) is 0 Å². The molecule has 1 nitrogen and oxygen atoms in total. The van der Waals surface area contributed by atoms with E-state index in [2.05, 4.69) is 28.8 Å². The van der Waals surface area contributed by atoms with E-state index in [1.54, 1.807) is 0 Å². The first kappa shape index (κ1) is 14.2. The Balaban J connectivity index is 0.000000771. The van der Waals surface area contributed by atoms with Gasteiger partial charge in [0.1, 0.15) is 0 Å². The van der Waals surface area contributed by atoms with Crippen LogP contribution >= 0.6 is 15.9 Å². The molecular formula is C16H13BrO. The van der Waals surface area contributed by atoms with Crippen molar-refractivity contribution in [3.8, 4) is 12.8 Å². The molecule has 2 rings (SSSR count). The van der Waals surface area contributed by atoms with Gasteiger partial charge < -0.3 is 0 Å². The molecule has 0 bridgehead atoms. The number of rotatable bonds is 3. The van der Waals surface area contributed by atoms with Crippen molar-refractivity contribution >= 4 is 21.7 Å². The number of hydrogen-bond acceptors (Lipinski definition) is 1. The van der Waals surface area contributed by atoms with Crippen molar-refractivity contribution in [3.05, 3.63) is 71.3 Å². The number of benzene rings is 2. The zero-order valence-corrected chi connectivity index (χ0v) is 11.4. The number of alkyl halides is 1. The first-order valence-corrected chi connectivity index (χ1v) is 6.51. The Bertz CT molecular complexity index is 529. The van der Waals surface area contributed by atoms with Crippen LogP contribution in [0.2, 0.25) is 0 Å².